The molecule has 0 fully saturated rings. The zero-order valence-corrected chi connectivity index (χ0v) is 19.1. The van der Waals surface area contributed by atoms with Crippen molar-refractivity contribution in [2.75, 3.05) is 31.3 Å². The quantitative estimate of drug-likeness (QED) is 0.561. The van der Waals surface area contributed by atoms with Gasteiger partial charge in [-0.05, 0) is 31.7 Å². The predicted molar refractivity (Wildman–Crippen MR) is 125 cm³/mol. The van der Waals surface area contributed by atoms with Crippen LogP contribution < -0.4 is 20.9 Å². The van der Waals surface area contributed by atoms with Gasteiger partial charge >= 0.3 is 0 Å². The molecule has 0 radical (unpaired) electrons. The van der Waals surface area contributed by atoms with Gasteiger partial charge in [0.05, 0.1) is 19.0 Å². The summed E-state index contributed by atoms with van der Waals surface area (Å²) in [6.45, 7) is 4.63. The van der Waals surface area contributed by atoms with Crippen LogP contribution in [0, 0.1) is 0 Å². The van der Waals surface area contributed by atoms with E-state index in [0.717, 1.165) is 30.8 Å². The summed E-state index contributed by atoms with van der Waals surface area (Å²) in [5.41, 5.74) is 3.46. The highest BCUT2D eigenvalue weighted by Crippen LogP contribution is 2.30. The highest BCUT2D eigenvalue weighted by molar-refractivity contribution is 6.32. The van der Waals surface area contributed by atoms with E-state index < -0.39 is 0 Å². The first-order chi connectivity index (χ1) is 15.5. The summed E-state index contributed by atoms with van der Waals surface area (Å²) < 4.78 is 7.13. The third-order valence-corrected chi connectivity index (χ3v) is 5.67. The van der Waals surface area contributed by atoms with Gasteiger partial charge < -0.3 is 24.8 Å². The maximum atomic E-state index is 12.4. The number of anilines is 3. The summed E-state index contributed by atoms with van der Waals surface area (Å²) in [7, 11) is 3.68. The summed E-state index contributed by atoms with van der Waals surface area (Å²) in [6, 6.07) is 5.67. The van der Waals surface area contributed by atoms with E-state index in [1.807, 2.05) is 19.1 Å². The van der Waals surface area contributed by atoms with E-state index in [1.54, 1.807) is 23.9 Å². The zero-order valence-electron chi connectivity index (χ0n) is 18.4. The fourth-order valence-corrected chi connectivity index (χ4v) is 3.82. The monoisotopic (exact) mass is 455 g/mol. The fraction of sp³-hybridized carbons (Fsp3) is 0.364. The molecule has 0 atom stereocenters. The molecule has 1 aliphatic heterocycles. The molecule has 3 aromatic heterocycles. The summed E-state index contributed by atoms with van der Waals surface area (Å²) in [5.74, 6) is 1.27. The number of halogens is 1. The lowest BCUT2D eigenvalue weighted by Gasteiger charge is -2.25. The molecular weight excluding hydrogens is 430 g/mol. The normalized spacial score (nSPS) is 13.5. The average Bonchev–Trinajstić information content (AvgIpc) is 2.79. The second-order valence-electron chi connectivity index (χ2n) is 7.63. The molecule has 0 bridgehead atoms. The van der Waals surface area contributed by atoms with Gasteiger partial charge in [-0.25, -0.2) is 9.97 Å². The van der Waals surface area contributed by atoms with Crippen LogP contribution in [0.5, 0.6) is 5.88 Å². The predicted octanol–water partition coefficient (Wildman–Crippen LogP) is 3.06. The summed E-state index contributed by atoms with van der Waals surface area (Å²) in [4.78, 5) is 28.1. The van der Waals surface area contributed by atoms with Crippen LogP contribution in [0.2, 0.25) is 5.02 Å². The number of likely N-dealkylation sites (N-methyl/N-ethyl adjacent to an activating group) is 1. The molecule has 3 aromatic rings. The summed E-state index contributed by atoms with van der Waals surface area (Å²) in [5, 5.41) is 6.69. The fourth-order valence-electron chi connectivity index (χ4n) is 3.66. The molecule has 0 unspecified atom stereocenters. The van der Waals surface area contributed by atoms with Crippen molar-refractivity contribution in [2.24, 2.45) is 0 Å². The van der Waals surface area contributed by atoms with Crippen molar-refractivity contribution in [3.63, 3.8) is 0 Å². The van der Waals surface area contributed by atoms with Gasteiger partial charge in [-0.2, -0.15) is 4.98 Å². The lowest BCUT2D eigenvalue weighted by molar-refractivity contribution is 0.307. The van der Waals surface area contributed by atoms with Crippen molar-refractivity contribution in [2.45, 2.75) is 33.0 Å². The van der Waals surface area contributed by atoms with Crippen molar-refractivity contribution >= 4 is 29.1 Å². The van der Waals surface area contributed by atoms with Gasteiger partial charge in [-0.3, -0.25) is 4.79 Å². The van der Waals surface area contributed by atoms with Crippen LogP contribution in [0.25, 0.3) is 0 Å². The Morgan fingerprint density at radius 3 is 2.94 bits per heavy atom. The van der Waals surface area contributed by atoms with E-state index in [1.165, 1.54) is 6.20 Å². The van der Waals surface area contributed by atoms with Crippen molar-refractivity contribution in [1.82, 2.24) is 24.4 Å². The highest BCUT2D eigenvalue weighted by atomic mass is 35.5. The lowest BCUT2D eigenvalue weighted by atomic mass is 10.1. The number of hydrogen-bond donors (Lipinski definition) is 2. The first kappa shape index (κ1) is 22.0. The molecule has 32 heavy (non-hydrogen) atoms. The maximum Gasteiger partial charge on any atom is 0.255 e. The van der Waals surface area contributed by atoms with Gasteiger partial charge in [0, 0.05) is 44.4 Å². The second kappa shape index (κ2) is 9.54. The van der Waals surface area contributed by atoms with Gasteiger partial charge in [0.1, 0.15) is 10.7 Å². The number of hydrogen-bond acceptors (Lipinski definition) is 8. The number of ether oxygens (including phenoxy) is 1. The number of methoxy groups -OCH3 is 1. The molecule has 2 N–H and O–H groups in total. The van der Waals surface area contributed by atoms with Crippen LogP contribution in [0.4, 0.5) is 17.5 Å². The van der Waals surface area contributed by atoms with Gasteiger partial charge in [-0.15, -0.1) is 0 Å². The zero-order chi connectivity index (χ0) is 22.7. The van der Waals surface area contributed by atoms with Crippen molar-refractivity contribution in [1.29, 1.82) is 0 Å². The van der Waals surface area contributed by atoms with Crippen molar-refractivity contribution < 1.29 is 4.74 Å². The van der Waals surface area contributed by atoms with Crippen molar-refractivity contribution in [3.8, 4) is 5.88 Å². The molecular formula is C22H26ClN7O2. The Labute approximate surface area is 191 Å². The molecule has 168 valence electrons. The smallest absolute Gasteiger partial charge is 0.255 e. The van der Waals surface area contributed by atoms with E-state index in [-0.39, 0.29) is 5.56 Å². The minimum absolute atomic E-state index is 0.0409. The Kier molecular flexibility index (Phi) is 6.57. The van der Waals surface area contributed by atoms with Gasteiger partial charge in [0.2, 0.25) is 11.8 Å². The standard InChI is InChI=1S/C22H26ClN7O2/c1-4-30-8-5-6-14(21(30)31)11-24-19-16(23)12-25-22(28-19)27-18-10-15-13-29(2)9-7-17(15)26-20(18)32-3/h5-6,8,10,12H,4,7,9,11,13H2,1-3H3,(H2,24,25,27,28). The average molecular weight is 456 g/mol. The Morgan fingerprint density at radius 1 is 1.31 bits per heavy atom. The molecule has 0 aliphatic carbocycles. The van der Waals surface area contributed by atoms with E-state index in [2.05, 4.69) is 37.5 Å². The minimum atomic E-state index is -0.0409. The number of rotatable bonds is 7. The molecule has 9 nitrogen and oxygen atoms in total. The Hall–Kier alpha value is -3.17. The van der Waals surface area contributed by atoms with Gasteiger partial charge in [0.25, 0.3) is 5.56 Å². The van der Waals surface area contributed by atoms with Gasteiger partial charge in [-0.1, -0.05) is 17.7 Å². The molecule has 0 amide bonds. The topological polar surface area (TPSA) is 97.2 Å². The molecule has 1 aliphatic rings. The number of fused-ring (bicyclic) bond motifs is 1. The molecule has 0 saturated heterocycles. The van der Waals surface area contributed by atoms with E-state index in [0.29, 0.717) is 47.0 Å². The third-order valence-electron chi connectivity index (χ3n) is 5.40. The number of aromatic nitrogens is 4. The van der Waals surface area contributed by atoms with Crippen LogP contribution in [0.3, 0.4) is 0 Å². The van der Waals surface area contributed by atoms with Crippen LogP contribution in [-0.2, 0) is 26.1 Å². The minimum Gasteiger partial charge on any atom is -0.480 e. The number of aryl methyl sites for hydroxylation is 1. The Bertz CT molecular complexity index is 1180. The van der Waals surface area contributed by atoms with Crippen LogP contribution in [0.15, 0.2) is 35.4 Å². The van der Waals surface area contributed by atoms with Crippen molar-refractivity contribution in [3.05, 3.63) is 62.8 Å². The van der Waals surface area contributed by atoms with Crippen LogP contribution >= 0.6 is 11.6 Å². The second-order valence-corrected chi connectivity index (χ2v) is 8.04. The highest BCUT2D eigenvalue weighted by Gasteiger charge is 2.19. The largest absolute Gasteiger partial charge is 0.480 e. The molecule has 4 heterocycles. The first-order valence-electron chi connectivity index (χ1n) is 10.5. The maximum absolute atomic E-state index is 12.4. The number of nitrogens with one attached hydrogen (secondary N) is 2. The molecule has 4 rings (SSSR count). The van der Waals surface area contributed by atoms with E-state index in [4.69, 9.17) is 16.3 Å². The molecule has 0 saturated carbocycles. The third kappa shape index (κ3) is 4.68. The summed E-state index contributed by atoms with van der Waals surface area (Å²) >= 11 is 6.29. The summed E-state index contributed by atoms with van der Waals surface area (Å²) in [6.07, 6.45) is 4.16. The van der Waals surface area contributed by atoms with Crippen LogP contribution in [0.1, 0.15) is 23.7 Å². The van der Waals surface area contributed by atoms with Gasteiger partial charge in [0.15, 0.2) is 5.82 Å². The first-order valence-corrected chi connectivity index (χ1v) is 10.8. The number of pyridine rings is 2. The number of nitrogens with zero attached hydrogens (tertiary/aromatic N) is 5. The van der Waals surface area contributed by atoms with E-state index >= 15 is 0 Å². The molecule has 0 spiro atoms. The SMILES string of the molecule is CCn1cccc(CNc2nc(Nc3cc4c(nc3OC)CCN(C)C4)ncc2Cl)c1=O. The van der Waals surface area contributed by atoms with Crippen LogP contribution in [-0.4, -0.2) is 45.1 Å². The Morgan fingerprint density at radius 2 is 2.16 bits per heavy atom. The lowest BCUT2D eigenvalue weighted by Crippen LogP contribution is -2.27. The van der Waals surface area contributed by atoms with E-state index in [9.17, 15) is 4.79 Å². The molecule has 10 heteroatoms. The Balaban J connectivity index is 1.56. The molecule has 0 aromatic carbocycles.